The molecule has 0 saturated heterocycles. The van der Waals surface area contributed by atoms with Crippen molar-refractivity contribution in [3.8, 4) is 16.9 Å². The van der Waals surface area contributed by atoms with Crippen LogP contribution in [0.3, 0.4) is 0 Å². The quantitative estimate of drug-likeness (QED) is 0.517. The molecule has 0 aliphatic rings. The number of H-pyrrole nitrogens is 1. The van der Waals surface area contributed by atoms with E-state index in [4.69, 9.17) is 5.73 Å². The maximum Gasteiger partial charge on any atom is 0.274 e. The molecule has 4 rings (SSSR count). The van der Waals surface area contributed by atoms with Gasteiger partial charge >= 0.3 is 0 Å². The number of halogens is 1. The van der Waals surface area contributed by atoms with Crippen molar-refractivity contribution in [3.63, 3.8) is 0 Å². The second-order valence-electron chi connectivity index (χ2n) is 7.01. The number of nitrogens with two attached hydrogens (primary N) is 1. The van der Waals surface area contributed by atoms with Crippen molar-refractivity contribution in [1.82, 2.24) is 9.97 Å². The second kappa shape index (κ2) is 7.05. The molecule has 0 aliphatic carbocycles. The second-order valence-corrected chi connectivity index (χ2v) is 7.01. The maximum absolute atomic E-state index is 13.5. The Morgan fingerprint density at radius 3 is 2.68 bits per heavy atom. The van der Waals surface area contributed by atoms with Crippen LogP contribution in [0, 0.1) is 6.92 Å². The van der Waals surface area contributed by atoms with Crippen LogP contribution >= 0.6 is 0 Å². The average Bonchev–Trinajstić information content (AvgIpc) is 2.74. The van der Waals surface area contributed by atoms with Crippen LogP contribution in [0.4, 0.5) is 4.53 Å². The molecule has 0 fully saturated rings. The smallest absolute Gasteiger partial charge is 0.274 e. The first-order valence-electron chi connectivity index (χ1n) is 9.08. The fraction of sp³-hybridized carbons (Fsp3) is 0.182. The van der Waals surface area contributed by atoms with E-state index >= 15 is 0 Å². The van der Waals surface area contributed by atoms with Crippen LogP contribution in [-0.2, 0) is 0 Å². The third kappa shape index (κ3) is 2.82. The Bertz CT molecular complexity index is 1230. The molecule has 1 atom stereocenters. The van der Waals surface area contributed by atoms with E-state index in [1.807, 2.05) is 30.3 Å². The molecule has 28 heavy (non-hydrogen) atoms. The lowest BCUT2D eigenvalue weighted by Gasteiger charge is -2.15. The number of hydrogen-bond acceptors (Lipinski definition) is 4. The number of rotatable bonds is 4. The fourth-order valence-corrected chi connectivity index (χ4v) is 3.64. The predicted molar refractivity (Wildman–Crippen MR) is 109 cm³/mol. The molecule has 6 heteroatoms. The van der Waals surface area contributed by atoms with Gasteiger partial charge in [0, 0.05) is 27.1 Å². The van der Waals surface area contributed by atoms with Gasteiger partial charge in [0.1, 0.15) is 5.52 Å². The summed E-state index contributed by atoms with van der Waals surface area (Å²) in [6.07, 6.45) is 1.56. The molecule has 2 aromatic carbocycles. The lowest BCUT2D eigenvalue weighted by atomic mass is 9.92. The van der Waals surface area contributed by atoms with Gasteiger partial charge < -0.3 is 10.7 Å². The number of aryl methyl sites for hydroxylation is 1. The van der Waals surface area contributed by atoms with Gasteiger partial charge in [-0.05, 0) is 48.2 Å². The normalized spacial score (nSPS) is 12.4. The van der Waals surface area contributed by atoms with Gasteiger partial charge in [-0.1, -0.05) is 37.3 Å². The summed E-state index contributed by atoms with van der Waals surface area (Å²) in [4.78, 5) is 23.8. The minimum atomic E-state index is -0.279. The van der Waals surface area contributed by atoms with E-state index in [0.717, 1.165) is 11.1 Å². The van der Waals surface area contributed by atoms with Gasteiger partial charge in [-0.15, -0.1) is 0 Å². The van der Waals surface area contributed by atoms with Crippen molar-refractivity contribution in [2.24, 2.45) is 5.73 Å². The standard InChI is InChI=1S/C22H20FN3O2/c1-12-10-17(28-23)18(15-7-5-14(6-8-15)13(2)11-24)19-16-4-3-9-25-21(16)22(27)26-20(12)19/h3-10,13H,11,24H2,1-2H3,(H,26,27). The lowest BCUT2D eigenvalue weighted by Crippen LogP contribution is -2.09. The van der Waals surface area contributed by atoms with E-state index in [1.54, 1.807) is 25.3 Å². The van der Waals surface area contributed by atoms with Crippen LogP contribution in [0.2, 0.25) is 0 Å². The Labute approximate surface area is 160 Å². The van der Waals surface area contributed by atoms with Gasteiger partial charge in [-0.2, -0.15) is 0 Å². The number of nitrogens with one attached hydrogen (secondary N) is 1. The number of fused-ring (bicyclic) bond motifs is 3. The molecule has 0 aliphatic heterocycles. The molecule has 0 saturated carbocycles. The number of aromatic amines is 1. The molecule has 5 nitrogen and oxygen atoms in total. The van der Waals surface area contributed by atoms with E-state index < -0.39 is 0 Å². The van der Waals surface area contributed by atoms with Crippen molar-refractivity contribution >= 4 is 21.8 Å². The highest BCUT2D eigenvalue weighted by Crippen LogP contribution is 2.41. The van der Waals surface area contributed by atoms with E-state index in [0.29, 0.717) is 39.5 Å². The molecule has 0 radical (unpaired) electrons. The highest BCUT2D eigenvalue weighted by atomic mass is 19.3. The molecule has 142 valence electrons. The first-order chi connectivity index (χ1) is 13.5. The average molecular weight is 377 g/mol. The summed E-state index contributed by atoms with van der Waals surface area (Å²) in [5, 5.41) is 1.35. The van der Waals surface area contributed by atoms with Crippen molar-refractivity contribution in [2.45, 2.75) is 19.8 Å². The minimum absolute atomic E-state index is 0.0989. The van der Waals surface area contributed by atoms with Crippen molar-refractivity contribution in [3.05, 3.63) is 70.1 Å². The van der Waals surface area contributed by atoms with Gasteiger partial charge in [-0.3, -0.25) is 14.7 Å². The molecule has 0 spiro atoms. The van der Waals surface area contributed by atoms with Gasteiger partial charge in [0.25, 0.3) is 5.56 Å². The first-order valence-corrected chi connectivity index (χ1v) is 9.08. The van der Waals surface area contributed by atoms with E-state index in [9.17, 15) is 9.32 Å². The molecule has 2 heterocycles. The summed E-state index contributed by atoms with van der Waals surface area (Å²) >= 11 is 0. The Morgan fingerprint density at radius 2 is 2.00 bits per heavy atom. The zero-order valence-electron chi connectivity index (χ0n) is 15.6. The predicted octanol–water partition coefficient (Wildman–Crippen LogP) is 4.38. The zero-order chi connectivity index (χ0) is 19.8. The Kier molecular flexibility index (Phi) is 4.57. The topological polar surface area (TPSA) is 81.0 Å². The summed E-state index contributed by atoms with van der Waals surface area (Å²) in [6, 6.07) is 13.0. The van der Waals surface area contributed by atoms with Gasteiger partial charge in [0.05, 0.1) is 5.52 Å². The van der Waals surface area contributed by atoms with E-state index in [1.165, 1.54) is 0 Å². The molecule has 3 N–H and O–H groups in total. The van der Waals surface area contributed by atoms with Gasteiger partial charge in [0.15, 0.2) is 5.75 Å². The number of nitrogens with zero attached hydrogens (tertiary/aromatic N) is 1. The zero-order valence-corrected chi connectivity index (χ0v) is 15.6. The van der Waals surface area contributed by atoms with Gasteiger partial charge in [0.2, 0.25) is 0 Å². The van der Waals surface area contributed by atoms with Crippen LogP contribution < -0.4 is 16.2 Å². The Balaban J connectivity index is 2.11. The summed E-state index contributed by atoms with van der Waals surface area (Å²) < 4.78 is 13.5. The van der Waals surface area contributed by atoms with E-state index in [2.05, 4.69) is 21.8 Å². The monoisotopic (exact) mass is 377 g/mol. The fourth-order valence-electron chi connectivity index (χ4n) is 3.64. The van der Waals surface area contributed by atoms with Crippen LogP contribution in [0.25, 0.3) is 32.9 Å². The molecular formula is C22H20FN3O2. The van der Waals surface area contributed by atoms with Crippen molar-refractivity contribution < 1.29 is 9.47 Å². The number of pyridine rings is 2. The molecular weight excluding hydrogens is 357 g/mol. The number of benzene rings is 2. The van der Waals surface area contributed by atoms with Crippen molar-refractivity contribution in [1.29, 1.82) is 0 Å². The van der Waals surface area contributed by atoms with E-state index in [-0.39, 0.29) is 17.2 Å². The third-order valence-corrected chi connectivity index (χ3v) is 5.22. The largest absolute Gasteiger partial charge is 0.330 e. The first kappa shape index (κ1) is 18.1. The molecule has 4 aromatic rings. The SMILES string of the molecule is Cc1cc(OF)c(-c2ccc(C(C)CN)cc2)c2c1[nH]c(=O)c1ncccc12. The van der Waals surface area contributed by atoms with Gasteiger partial charge in [-0.25, -0.2) is 0 Å². The molecule has 0 bridgehead atoms. The highest BCUT2D eigenvalue weighted by Gasteiger charge is 2.19. The highest BCUT2D eigenvalue weighted by molar-refractivity contribution is 6.14. The Hall–Kier alpha value is -3.25. The third-order valence-electron chi connectivity index (χ3n) is 5.22. The maximum atomic E-state index is 13.5. The lowest BCUT2D eigenvalue weighted by molar-refractivity contribution is -0.00536. The summed E-state index contributed by atoms with van der Waals surface area (Å²) in [7, 11) is 0. The number of aromatic nitrogens is 2. The summed E-state index contributed by atoms with van der Waals surface area (Å²) in [6.45, 7) is 4.40. The number of hydrogen-bond donors (Lipinski definition) is 2. The van der Waals surface area contributed by atoms with Crippen molar-refractivity contribution in [2.75, 3.05) is 6.54 Å². The van der Waals surface area contributed by atoms with Crippen LogP contribution in [0.15, 0.2) is 53.5 Å². The molecule has 1 unspecified atom stereocenters. The molecule has 2 aromatic heterocycles. The summed E-state index contributed by atoms with van der Waals surface area (Å²) in [5.74, 6) is 0.323. The van der Waals surface area contributed by atoms with Crippen LogP contribution in [0.5, 0.6) is 5.75 Å². The van der Waals surface area contributed by atoms with Crippen LogP contribution in [0.1, 0.15) is 24.0 Å². The summed E-state index contributed by atoms with van der Waals surface area (Å²) in [5.41, 5.74) is 9.59. The van der Waals surface area contributed by atoms with Crippen LogP contribution in [-0.4, -0.2) is 16.5 Å². The Morgan fingerprint density at radius 1 is 1.25 bits per heavy atom. The molecule has 0 amide bonds. The minimum Gasteiger partial charge on any atom is -0.330 e.